The summed E-state index contributed by atoms with van der Waals surface area (Å²) in [6.07, 6.45) is 6.74. The molecule has 2 aliphatic rings. The third-order valence-electron chi connectivity index (χ3n) is 6.70. The molecule has 2 saturated heterocycles. The van der Waals surface area contributed by atoms with Crippen LogP contribution in [0.5, 0.6) is 11.5 Å². The van der Waals surface area contributed by atoms with Gasteiger partial charge in [0.15, 0.2) is 11.5 Å². The van der Waals surface area contributed by atoms with Crippen molar-refractivity contribution in [3.8, 4) is 11.5 Å². The van der Waals surface area contributed by atoms with Gasteiger partial charge in [0.05, 0.1) is 14.2 Å². The lowest BCUT2D eigenvalue weighted by Crippen LogP contribution is -2.44. The van der Waals surface area contributed by atoms with Crippen LogP contribution in [0.25, 0.3) is 0 Å². The molecule has 2 fully saturated rings. The van der Waals surface area contributed by atoms with Crippen LogP contribution in [0.15, 0.2) is 24.4 Å². The van der Waals surface area contributed by atoms with Gasteiger partial charge in [0.2, 0.25) is 0 Å². The molecule has 0 aliphatic carbocycles. The molecular formula is C24H34N4O2. The Labute approximate surface area is 180 Å². The zero-order valence-corrected chi connectivity index (χ0v) is 18.8. The SMILES string of the molecule is CCc1cnc(C)nc1N1CC[C@@]2(CCCN(Cc3cccc(OC)c3OC)C2)C1. The van der Waals surface area contributed by atoms with Crippen molar-refractivity contribution in [3.63, 3.8) is 0 Å². The van der Waals surface area contributed by atoms with Crippen molar-refractivity contribution >= 4 is 5.82 Å². The highest BCUT2D eigenvalue weighted by Crippen LogP contribution is 2.42. The predicted octanol–water partition coefficient (Wildman–Crippen LogP) is 3.86. The van der Waals surface area contributed by atoms with E-state index in [1.165, 1.54) is 30.4 Å². The summed E-state index contributed by atoms with van der Waals surface area (Å²) in [5.74, 6) is 3.67. The molecule has 1 aromatic heterocycles. The maximum atomic E-state index is 5.66. The summed E-state index contributed by atoms with van der Waals surface area (Å²) in [5.41, 5.74) is 2.80. The van der Waals surface area contributed by atoms with Gasteiger partial charge >= 0.3 is 0 Å². The number of benzene rings is 1. The largest absolute Gasteiger partial charge is 0.493 e. The molecule has 162 valence electrons. The van der Waals surface area contributed by atoms with E-state index in [4.69, 9.17) is 14.5 Å². The Morgan fingerprint density at radius 2 is 1.93 bits per heavy atom. The van der Waals surface area contributed by atoms with E-state index < -0.39 is 0 Å². The zero-order chi connectivity index (χ0) is 21.1. The van der Waals surface area contributed by atoms with E-state index in [-0.39, 0.29) is 0 Å². The smallest absolute Gasteiger partial charge is 0.165 e. The first-order valence-electron chi connectivity index (χ1n) is 11.1. The van der Waals surface area contributed by atoms with Crippen molar-refractivity contribution < 1.29 is 9.47 Å². The van der Waals surface area contributed by atoms with Crippen molar-refractivity contribution in [2.24, 2.45) is 5.41 Å². The Bertz CT molecular complexity index is 888. The molecular weight excluding hydrogens is 376 g/mol. The summed E-state index contributed by atoms with van der Waals surface area (Å²) in [7, 11) is 3.42. The number of hydrogen-bond donors (Lipinski definition) is 0. The Kier molecular flexibility index (Phi) is 6.14. The first-order chi connectivity index (χ1) is 14.6. The van der Waals surface area contributed by atoms with E-state index in [2.05, 4.69) is 33.8 Å². The number of hydrogen-bond acceptors (Lipinski definition) is 6. The fourth-order valence-electron chi connectivity index (χ4n) is 5.22. The quantitative estimate of drug-likeness (QED) is 0.721. The van der Waals surface area contributed by atoms with Gasteiger partial charge in [-0.15, -0.1) is 0 Å². The number of ether oxygens (including phenoxy) is 2. The molecule has 0 N–H and O–H groups in total. The Balaban J connectivity index is 1.49. The first kappa shape index (κ1) is 20.9. The van der Waals surface area contributed by atoms with Crippen LogP contribution in [0.3, 0.4) is 0 Å². The van der Waals surface area contributed by atoms with E-state index in [0.29, 0.717) is 5.41 Å². The first-order valence-corrected chi connectivity index (χ1v) is 11.1. The van der Waals surface area contributed by atoms with Crippen molar-refractivity contribution in [1.29, 1.82) is 0 Å². The highest BCUT2D eigenvalue weighted by atomic mass is 16.5. The standard InChI is InChI=1S/C24H34N4O2/c1-5-19-14-25-18(2)26-23(19)28-13-11-24(17-28)10-7-12-27(16-24)15-20-8-6-9-21(29-3)22(20)30-4/h6,8-9,14H,5,7,10-13,15-17H2,1-4H3/t24-/m1/s1. The van der Waals surface area contributed by atoms with Gasteiger partial charge in [-0.05, 0) is 45.2 Å². The predicted molar refractivity (Wildman–Crippen MR) is 119 cm³/mol. The average molecular weight is 411 g/mol. The number of methoxy groups -OCH3 is 2. The average Bonchev–Trinajstić information content (AvgIpc) is 3.16. The van der Waals surface area contributed by atoms with Crippen molar-refractivity contribution in [2.45, 2.75) is 46.1 Å². The minimum Gasteiger partial charge on any atom is -0.493 e. The monoisotopic (exact) mass is 410 g/mol. The van der Waals surface area contributed by atoms with Gasteiger partial charge in [-0.2, -0.15) is 0 Å². The van der Waals surface area contributed by atoms with Gasteiger partial charge in [-0.3, -0.25) is 4.90 Å². The summed E-state index contributed by atoms with van der Waals surface area (Å²) < 4.78 is 11.2. The summed E-state index contributed by atoms with van der Waals surface area (Å²) in [5, 5.41) is 0. The van der Waals surface area contributed by atoms with E-state index in [1.54, 1.807) is 14.2 Å². The molecule has 0 bridgehead atoms. The van der Waals surface area contributed by atoms with Crippen molar-refractivity contribution in [3.05, 3.63) is 41.3 Å². The molecule has 1 spiro atoms. The number of likely N-dealkylation sites (tertiary alicyclic amines) is 1. The number of nitrogens with zero attached hydrogens (tertiary/aromatic N) is 4. The number of rotatable bonds is 6. The second-order valence-corrected chi connectivity index (χ2v) is 8.76. The summed E-state index contributed by atoms with van der Waals surface area (Å²) >= 11 is 0. The maximum absolute atomic E-state index is 5.66. The Morgan fingerprint density at radius 1 is 1.07 bits per heavy atom. The lowest BCUT2D eigenvalue weighted by Gasteiger charge is -2.40. The van der Waals surface area contributed by atoms with Crippen LogP contribution in [0.4, 0.5) is 5.82 Å². The number of para-hydroxylation sites is 1. The van der Waals surface area contributed by atoms with Crippen LogP contribution >= 0.6 is 0 Å². The van der Waals surface area contributed by atoms with Gasteiger partial charge in [0, 0.05) is 48.9 Å². The molecule has 6 heteroatoms. The van der Waals surface area contributed by atoms with Gasteiger partial charge in [0.25, 0.3) is 0 Å². The van der Waals surface area contributed by atoms with Gasteiger partial charge < -0.3 is 14.4 Å². The lowest BCUT2D eigenvalue weighted by atomic mass is 9.79. The molecule has 4 rings (SSSR count). The van der Waals surface area contributed by atoms with Crippen LogP contribution in [-0.2, 0) is 13.0 Å². The molecule has 6 nitrogen and oxygen atoms in total. The Hall–Kier alpha value is -2.34. The third kappa shape index (κ3) is 4.10. The number of aromatic nitrogens is 2. The van der Waals surface area contributed by atoms with E-state index in [1.807, 2.05) is 19.2 Å². The second kappa shape index (κ2) is 8.80. The fourth-order valence-corrected chi connectivity index (χ4v) is 5.22. The van der Waals surface area contributed by atoms with Crippen LogP contribution in [0, 0.1) is 12.3 Å². The molecule has 2 aromatic rings. The van der Waals surface area contributed by atoms with Crippen LogP contribution in [0.2, 0.25) is 0 Å². The molecule has 0 radical (unpaired) electrons. The lowest BCUT2D eigenvalue weighted by molar-refractivity contribution is 0.0983. The van der Waals surface area contributed by atoms with Crippen LogP contribution in [0.1, 0.15) is 43.1 Å². The van der Waals surface area contributed by atoms with Gasteiger partial charge in [0.1, 0.15) is 11.6 Å². The molecule has 0 unspecified atom stereocenters. The number of anilines is 1. The van der Waals surface area contributed by atoms with E-state index in [9.17, 15) is 0 Å². The topological polar surface area (TPSA) is 50.7 Å². The van der Waals surface area contributed by atoms with E-state index in [0.717, 1.165) is 62.3 Å². The minimum absolute atomic E-state index is 0.341. The molecule has 1 atom stereocenters. The van der Waals surface area contributed by atoms with Crippen molar-refractivity contribution in [2.75, 3.05) is 45.3 Å². The molecule has 1 aromatic carbocycles. The number of piperidine rings is 1. The molecule has 2 aliphatic heterocycles. The summed E-state index contributed by atoms with van der Waals surface area (Å²) in [6, 6.07) is 6.17. The maximum Gasteiger partial charge on any atom is 0.165 e. The normalized spacial score (nSPS) is 21.9. The molecule has 0 saturated carbocycles. The second-order valence-electron chi connectivity index (χ2n) is 8.76. The molecule has 30 heavy (non-hydrogen) atoms. The van der Waals surface area contributed by atoms with E-state index >= 15 is 0 Å². The Morgan fingerprint density at radius 3 is 2.70 bits per heavy atom. The zero-order valence-electron chi connectivity index (χ0n) is 18.8. The summed E-state index contributed by atoms with van der Waals surface area (Å²) in [4.78, 5) is 14.3. The highest BCUT2D eigenvalue weighted by molar-refractivity contribution is 5.48. The number of aryl methyl sites for hydroxylation is 2. The third-order valence-corrected chi connectivity index (χ3v) is 6.70. The fraction of sp³-hybridized carbons (Fsp3) is 0.583. The van der Waals surface area contributed by atoms with Crippen molar-refractivity contribution in [1.82, 2.24) is 14.9 Å². The minimum atomic E-state index is 0.341. The molecule has 0 amide bonds. The highest BCUT2D eigenvalue weighted by Gasteiger charge is 2.42. The van der Waals surface area contributed by atoms with Gasteiger partial charge in [-0.1, -0.05) is 19.1 Å². The van der Waals surface area contributed by atoms with Crippen LogP contribution < -0.4 is 14.4 Å². The van der Waals surface area contributed by atoms with Gasteiger partial charge in [-0.25, -0.2) is 9.97 Å². The summed E-state index contributed by atoms with van der Waals surface area (Å²) in [6.45, 7) is 9.49. The molecule has 3 heterocycles. The van der Waals surface area contributed by atoms with Crippen LogP contribution in [-0.4, -0.2) is 55.3 Å².